The van der Waals surface area contributed by atoms with E-state index < -0.39 is 24.5 Å². The van der Waals surface area contributed by atoms with E-state index in [1.54, 1.807) is 12.2 Å². The molecule has 1 aliphatic rings. The van der Waals surface area contributed by atoms with Crippen molar-refractivity contribution in [2.45, 2.75) is 33.1 Å². The summed E-state index contributed by atoms with van der Waals surface area (Å²) in [5.41, 5.74) is 1.38. The molecule has 0 aromatic carbocycles. The van der Waals surface area contributed by atoms with Crippen LogP contribution in [0.5, 0.6) is 0 Å². The molecule has 1 aromatic rings. The molecule has 0 radical (unpaired) electrons. The molecule has 1 aromatic heterocycles. The summed E-state index contributed by atoms with van der Waals surface area (Å²) in [6.07, 6.45) is 8.88. The third-order valence-corrected chi connectivity index (χ3v) is 5.21. The Hall–Kier alpha value is -2.41. The van der Waals surface area contributed by atoms with Crippen LogP contribution in [-0.4, -0.2) is 31.6 Å². The molecule has 0 bridgehead atoms. The number of methoxy groups -OCH3 is 1. The molecule has 1 heterocycles. The summed E-state index contributed by atoms with van der Waals surface area (Å²) >= 11 is 1.39. The van der Waals surface area contributed by atoms with E-state index in [0.29, 0.717) is 16.5 Å². The zero-order chi connectivity index (χ0) is 19.1. The maximum Gasteiger partial charge on any atom is 0.341 e. The van der Waals surface area contributed by atoms with Gasteiger partial charge >= 0.3 is 11.9 Å². The Balaban J connectivity index is 2.07. The summed E-state index contributed by atoms with van der Waals surface area (Å²) in [5, 5.41) is 3.14. The van der Waals surface area contributed by atoms with Gasteiger partial charge in [0, 0.05) is 11.0 Å². The van der Waals surface area contributed by atoms with Gasteiger partial charge in [-0.15, -0.1) is 11.3 Å². The van der Waals surface area contributed by atoms with Gasteiger partial charge in [-0.2, -0.15) is 0 Å². The number of hydrogen-bond acceptors (Lipinski definition) is 6. The Morgan fingerprint density at radius 2 is 2.08 bits per heavy atom. The monoisotopic (exact) mass is 377 g/mol. The van der Waals surface area contributed by atoms with Crippen molar-refractivity contribution in [2.24, 2.45) is 5.92 Å². The second-order valence-corrected chi connectivity index (χ2v) is 7.19. The normalized spacial score (nSPS) is 16.5. The zero-order valence-electron chi connectivity index (χ0n) is 15.2. The lowest BCUT2D eigenvalue weighted by Gasteiger charge is -2.18. The van der Waals surface area contributed by atoms with Gasteiger partial charge in [0.25, 0.3) is 5.91 Å². The summed E-state index contributed by atoms with van der Waals surface area (Å²) in [6, 6.07) is 0. The van der Waals surface area contributed by atoms with Gasteiger partial charge in [-0.25, -0.2) is 9.59 Å². The number of fused-ring (bicyclic) bond motifs is 1. The lowest BCUT2D eigenvalue weighted by molar-refractivity contribution is -0.142. The zero-order valence-corrected chi connectivity index (χ0v) is 16.0. The van der Waals surface area contributed by atoms with Gasteiger partial charge < -0.3 is 14.8 Å². The molecule has 0 spiro atoms. The number of ether oxygens (including phenoxy) is 2. The summed E-state index contributed by atoms with van der Waals surface area (Å²) in [7, 11) is 1.32. The topological polar surface area (TPSA) is 81.7 Å². The first-order valence-electron chi connectivity index (χ1n) is 8.45. The van der Waals surface area contributed by atoms with Crippen LogP contribution in [0, 0.1) is 5.92 Å². The largest absolute Gasteiger partial charge is 0.465 e. The highest BCUT2D eigenvalue weighted by atomic mass is 32.1. The maximum absolute atomic E-state index is 12.2. The number of thiophene rings is 1. The first kappa shape index (κ1) is 19.9. The Bertz CT molecular complexity index is 747. The fraction of sp³-hybridized carbons (Fsp3) is 0.421. The number of hydrogen-bond donors (Lipinski definition) is 1. The summed E-state index contributed by atoms with van der Waals surface area (Å²) in [4.78, 5) is 36.9. The molecule has 1 amide bonds. The predicted octanol–water partition coefficient (Wildman–Crippen LogP) is 3.27. The van der Waals surface area contributed by atoms with Crippen LogP contribution in [-0.2, 0) is 31.9 Å². The minimum absolute atomic E-state index is 0.418. The highest BCUT2D eigenvalue weighted by Crippen LogP contribution is 2.39. The van der Waals surface area contributed by atoms with E-state index >= 15 is 0 Å². The molecule has 2 rings (SSSR count). The smallest absolute Gasteiger partial charge is 0.341 e. The molecule has 1 atom stereocenters. The van der Waals surface area contributed by atoms with Crippen molar-refractivity contribution >= 4 is 34.2 Å². The first-order valence-corrected chi connectivity index (χ1v) is 9.26. The van der Waals surface area contributed by atoms with Gasteiger partial charge in [0.1, 0.15) is 5.00 Å². The Labute approximate surface area is 156 Å². The summed E-state index contributed by atoms with van der Waals surface area (Å²) < 4.78 is 9.76. The Morgan fingerprint density at radius 3 is 2.77 bits per heavy atom. The maximum atomic E-state index is 12.2. The van der Waals surface area contributed by atoms with Crippen molar-refractivity contribution in [2.75, 3.05) is 19.0 Å². The molecule has 0 saturated heterocycles. The minimum Gasteiger partial charge on any atom is -0.465 e. The number of rotatable bonds is 6. The number of esters is 2. The predicted molar refractivity (Wildman–Crippen MR) is 100 cm³/mol. The molecule has 7 heteroatoms. The van der Waals surface area contributed by atoms with Crippen LogP contribution in [0.3, 0.4) is 0 Å². The second-order valence-electron chi connectivity index (χ2n) is 6.09. The first-order chi connectivity index (χ1) is 12.5. The quantitative estimate of drug-likeness (QED) is 0.467. The molecule has 0 fully saturated rings. The third kappa shape index (κ3) is 5.05. The molecule has 0 saturated carbocycles. The molecular weight excluding hydrogens is 354 g/mol. The third-order valence-electron chi connectivity index (χ3n) is 4.04. The van der Waals surface area contributed by atoms with Crippen LogP contribution in [0.15, 0.2) is 24.3 Å². The summed E-state index contributed by atoms with van der Waals surface area (Å²) in [6.45, 7) is 3.57. The highest BCUT2D eigenvalue weighted by molar-refractivity contribution is 7.17. The van der Waals surface area contributed by atoms with Crippen LogP contribution >= 0.6 is 11.3 Å². The lowest BCUT2D eigenvalue weighted by Crippen LogP contribution is -2.21. The average Bonchev–Trinajstić information content (AvgIpc) is 2.96. The van der Waals surface area contributed by atoms with E-state index in [-0.39, 0.29) is 0 Å². The van der Waals surface area contributed by atoms with Crippen LogP contribution in [0.25, 0.3) is 0 Å². The van der Waals surface area contributed by atoms with Crippen molar-refractivity contribution in [1.82, 2.24) is 0 Å². The molecule has 0 aliphatic heterocycles. The van der Waals surface area contributed by atoms with Gasteiger partial charge in [-0.05, 0) is 37.7 Å². The van der Waals surface area contributed by atoms with E-state index in [9.17, 15) is 14.4 Å². The Morgan fingerprint density at radius 1 is 1.31 bits per heavy atom. The van der Waals surface area contributed by atoms with Crippen LogP contribution in [0.1, 0.15) is 41.1 Å². The standard InChI is InChI=1S/C19H23NO5S/c1-4-5-6-7-16(22)25-11-15(21)20-18-17(19(23)24-3)13-9-8-12(2)10-14(13)26-18/h4-7,12H,8-11H2,1-3H3,(H,20,21)/b5-4+,7-6+/t12-/m1/s1. The van der Waals surface area contributed by atoms with Gasteiger partial charge in [-0.3, -0.25) is 4.79 Å². The van der Waals surface area contributed by atoms with Gasteiger partial charge in [0.05, 0.1) is 12.7 Å². The highest BCUT2D eigenvalue weighted by Gasteiger charge is 2.28. The second kappa shape index (κ2) is 9.33. The van der Waals surface area contributed by atoms with Crippen molar-refractivity contribution in [3.8, 4) is 0 Å². The van der Waals surface area contributed by atoms with Crippen molar-refractivity contribution < 1.29 is 23.9 Å². The molecule has 1 aliphatic carbocycles. The molecule has 6 nitrogen and oxygen atoms in total. The number of anilines is 1. The van der Waals surface area contributed by atoms with Crippen molar-refractivity contribution in [1.29, 1.82) is 0 Å². The van der Waals surface area contributed by atoms with Gasteiger partial charge in [0.2, 0.25) is 0 Å². The van der Waals surface area contributed by atoms with E-state index in [1.165, 1.54) is 30.6 Å². The van der Waals surface area contributed by atoms with Gasteiger partial charge in [0.15, 0.2) is 6.61 Å². The number of nitrogens with one attached hydrogen (secondary N) is 1. The van der Waals surface area contributed by atoms with E-state index in [0.717, 1.165) is 29.7 Å². The SMILES string of the molecule is C/C=C/C=C/C(=O)OCC(=O)Nc1sc2c(c1C(=O)OC)CC[C@@H](C)C2. The van der Waals surface area contributed by atoms with Crippen LogP contribution < -0.4 is 5.32 Å². The molecular formula is C19H23NO5S. The van der Waals surface area contributed by atoms with E-state index in [4.69, 9.17) is 9.47 Å². The fourth-order valence-electron chi connectivity index (χ4n) is 2.75. The van der Waals surface area contributed by atoms with Crippen molar-refractivity contribution in [3.05, 3.63) is 40.3 Å². The Kier molecular flexibility index (Phi) is 7.15. The summed E-state index contributed by atoms with van der Waals surface area (Å²) in [5.74, 6) is -1.01. The minimum atomic E-state index is -0.606. The number of carbonyl (C=O) groups is 3. The molecule has 0 unspecified atom stereocenters. The molecule has 1 N–H and O–H groups in total. The fourth-order valence-corrected chi connectivity index (χ4v) is 4.16. The van der Waals surface area contributed by atoms with Crippen molar-refractivity contribution in [3.63, 3.8) is 0 Å². The average molecular weight is 377 g/mol. The van der Waals surface area contributed by atoms with E-state index in [2.05, 4.69) is 12.2 Å². The van der Waals surface area contributed by atoms with Crippen LogP contribution in [0.4, 0.5) is 5.00 Å². The number of carbonyl (C=O) groups excluding carboxylic acids is 3. The number of allylic oxidation sites excluding steroid dienone is 3. The van der Waals surface area contributed by atoms with Crippen LogP contribution in [0.2, 0.25) is 0 Å². The lowest BCUT2D eigenvalue weighted by atomic mass is 9.88. The molecule has 140 valence electrons. The van der Waals surface area contributed by atoms with E-state index in [1.807, 2.05) is 6.92 Å². The van der Waals surface area contributed by atoms with Gasteiger partial charge in [-0.1, -0.05) is 25.2 Å². The molecule has 26 heavy (non-hydrogen) atoms. The number of amides is 1.